The second-order valence-electron chi connectivity index (χ2n) is 3.84. The van der Waals surface area contributed by atoms with Crippen molar-refractivity contribution < 1.29 is 22.4 Å². The molecular formula is C11H9F4NO. The van der Waals surface area contributed by atoms with Gasteiger partial charge in [-0.3, -0.25) is 4.79 Å². The standard InChI is InChI=1S/C11H9F4NO/c12-7-1-3-8(4-2-7)16-9(11(13,14)15)5-6-10(16)17/h1-4,9H,5-6H2/t9-/m1/s1. The molecule has 1 fully saturated rings. The summed E-state index contributed by atoms with van der Waals surface area (Å²) in [4.78, 5) is 12.1. The maximum Gasteiger partial charge on any atom is 0.409 e. The Morgan fingerprint density at radius 3 is 2.29 bits per heavy atom. The van der Waals surface area contributed by atoms with Crippen molar-refractivity contribution >= 4 is 11.6 Å². The van der Waals surface area contributed by atoms with E-state index in [-0.39, 0.29) is 18.5 Å². The van der Waals surface area contributed by atoms with Crippen LogP contribution in [0, 0.1) is 5.82 Å². The van der Waals surface area contributed by atoms with Crippen molar-refractivity contribution in [2.75, 3.05) is 4.90 Å². The van der Waals surface area contributed by atoms with Gasteiger partial charge in [0.05, 0.1) is 0 Å². The van der Waals surface area contributed by atoms with Crippen LogP contribution in [0.25, 0.3) is 0 Å². The van der Waals surface area contributed by atoms with Gasteiger partial charge in [-0.25, -0.2) is 4.39 Å². The highest BCUT2D eigenvalue weighted by Crippen LogP contribution is 2.36. The number of halogens is 4. The SMILES string of the molecule is O=C1CC[C@H](C(F)(F)F)N1c1ccc(F)cc1. The molecule has 2 nitrogen and oxygen atoms in total. The molecule has 0 spiro atoms. The number of hydrogen-bond donors (Lipinski definition) is 0. The summed E-state index contributed by atoms with van der Waals surface area (Å²) in [5.74, 6) is -1.14. The molecule has 1 saturated heterocycles. The fraction of sp³-hybridized carbons (Fsp3) is 0.364. The lowest BCUT2D eigenvalue weighted by molar-refractivity contribution is -0.148. The van der Waals surface area contributed by atoms with Gasteiger partial charge in [-0.05, 0) is 30.7 Å². The number of anilines is 1. The van der Waals surface area contributed by atoms with Gasteiger partial charge in [-0.1, -0.05) is 0 Å². The van der Waals surface area contributed by atoms with Crippen LogP contribution in [-0.4, -0.2) is 18.1 Å². The van der Waals surface area contributed by atoms with Crippen molar-refractivity contribution in [3.63, 3.8) is 0 Å². The molecule has 1 aliphatic rings. The predicted molar refractivity (Wildman–Crippen MR) is 53.0 cm³/mol. The molecular weight excluding hydrogens is 238 g/mol. The van der Waals surface area contributed by atoms with Crippen LogP contribution in [-0.2, 0) is 4.79 Å². The van der Waals surface area contributed by atoms with Crippen molar-refractivity contribution in [1.82, 2.24) is 0 Å². The molecule has 1 heterocycles. The Hall–Kier alpha value is -1.59. The Balaban J connectivity index is 2.34. The average molecular weight is 247 g/mol. The van der Waals surface area contributed by atoms with E-state index in [1.165, 1.54) is 12.1 Å². The zero-order valence-electron chi connectivity index (χ0n) is 8.67. The molecule has 2 rings (SSSR count). The van der Waals surface area contributed by atoms with Crippen LogP contribution in [0.5, 0.6) is 0 Å². The quantitative estimate of drug-likeness (QED) is 0.699. The van der Waals surface area contributed by atoms with Gasteiger partial charge in [-0.2, -0.15) is 13.2 Å². The van der Waals surface area contributed by atoms with Crippen LogP contribution in [0.15, 0.2) is 24.3 Å². The summed E-state index contributed by atoms with van der Waals surface area (Å²) in [6, 6.07) is 2.62. The third-order valence-electron chi connectivity index (χ3n) is 2.69. The Morgan fingerprint density at radius 2 is 1.76 bits per heavy atom. The first-order chi connectivity index (χ1) is 7.89. The van der Waals surface area contributed by atoms with Gasteiger partial charge in [0.15, 0.2) is 0 Å². The molecule has 17 heavy (non-hydrogen) atoms. The Morgan fingerprint density at radius 1 is 1.18 bits per heavy atom. The summed E-state index contributed by atoms with van der Waals surface area (Å²) >= 11 is 0. The second kappa shape index (κ2) is 4.01. The zero-order chi connectivity index (χ0) is 12.6. The lowest BCUT2D eigenvalue weighted by Gasteiger charge is -2.26. The highest BCUT2D eigenvalue weighted by atomic mass is 19.4. The minimum Gasteiger partial charge on any atom is -0.300 e. The van der Waals surface area contributed by atoms with Crippen molar-refractivity contribution in [1.29, 1.82) is 0 Å². The van der Waals surface area contributed by atoms with E-state index in [4.69, 9.17) is 0 Å². The molecule has 0 bridgehead atoms. The Bertz CT molecular complexity index is 426. The lowest BCUT2D eigenvalue weighted by atomic mass is 10.2. The van der Waals surface area contributed by atoms with E-state index >= 15 is 0 Å². The number of benzene rings is 1. The van der Waals surface area contributed by atoms with Gasteiger partial charge in [0, 0.05) is 12.1 Å². The topological polar surface area (TPSA) is 20.3 Å². The van der Waals surface area contributed by atoms with Gasteiger partial charge in [0.25, 0.3) is 0 Å². The van der Waals surface area contributed by atoms with Crippen LogP contribution in [0.1, 0.15) is 12.8 Å². The summed E-state index contributed by atoms with van der Waals surface area (Å²) < 4.78 is 50.7. The first-order valence-corrected chi connectivity index (χ1v) is 5.04. The van der Waals surface area contributed by atoms with E-state index < -0.39 is 23.9 Å². The Labute approximate surface area is 94.8 Å². The van der Waals surface area contributed by atoms with Crippen molar-refractivity contribution in [3.05, 3.63) is 30.1 Å². The molecule has 0 N–H and O–H groups in total. The van der Waals surface area contributed by atoms with Crippen LogP contribution in [0.3, 0.4) is 0 Å². The van der Waals surface area contributed by atoms with Crippen LogP contribution >= 0.6 is 0 Å². The molecule has 0 radical (unpaired) electrons. The second-order valence-corrected chi connectivity index (χ2v) is 3.84. The van der Waals surface area contributed by atoms with E-state index in [9.17, 15) is 22.4 Å². The monoisotopic (exact) mass is 247 g/mol. The largest absolute Gasteiger partial charge is 0.409 e. The number of alkyl halides is 3. The maximum absolute atomic E-state index is 12.7. The summed E-state index contributed by atoms with van der Waals surface area (Å²) in [6.45, 7) is 0. The number of hydrogen-bond acceptors (Lipinski definition) is 1. The molecule has 6 heteroatoms. The third kappa shape index (κ3) is 2.25. The highest BCUT2D eigenvalue weighted by molar-refractivity contribution is 5.96. The van der Waals surface area contributed by atoms with E-state index in [0.29, 0.717) is 4.90 Å². The van der Waals surface area contributed by atoms with Crippen molar-refractivity contribution in [2.45, 2.75) is 25.1 Å². The highest BCUT2D eigenvalue weighted by Gasteiger charge is 2.49. The molecule has 1 amide bonds. The fourth-order valence-electron chi connectivity index (χ4n) is 1.92. The predicted octanol–water partition coefficient (Wildman–Crippen LogP) is 2.88. The number of rotatable bonds is 1. The van der Waals surface area contributed by atoms with E-state index in [1.807, 2.05) is 0 Å². The number of carbonyl (C=O) groups excluding carboxylic acids is 1. The number of amides is 1. The minimum absolute atomic E-state index is 0.0798. The van der Waals surface area contributed by atoms with Crippen molar-refractivity contribution in [3.8, 4) is 0 Å². The Kier molecular flexibility index (Phi) is 2.81. The van der Waals surface area contributed by atoms with Gasteiger partial charge in [0.1, 0.15) is 11.9 Å². The minimum atomic E-state index is -4.46. The molecule has 0 unspecified atom stereocenters. The summed E-state index contributed by atoms with van der Waals surface area (Å²) in [5, 5.41) is 0. The molecule has 1 aliphatic heterocycles. The molecule has 0 aliphatic carbocycles. The molecule has 92 valence electrons. The van der Waals surface area contributed by atoms with Crippen LogP contribution in [0.4, 0.5) is 23.2 Å². The summed E-state index contributed by atoms with van der Waals surface area (Å²) in [6.07, 6.45) is -4.85. The van der Waals surface area contributed by atoms with Gasteiger partial charge >= 0.3 is 6.18 Å². The van der Waals surface area contributed by atoms with E-state index in [0.717, 1.165) is 12.1 Å². The van der Waals surface area contributed by atoms with E-state index in [2.05, 4.69) is 0 Å². The molecule has 1 aromatic carbocycles. The normalized spacial score (nSPS) is 21.1. The average Bonchev–Trinajstić information content (AvgIpc) is 2.61. The molecule has 0 aromatic heterocycles. The first kappa shape index (κ1) is 11.9. The molecule has 0 saturated carbocycles. The van der Waals surface area contributed by atoms with Crippen molar-refractivity contribution in [2.24, 2.45) is 0 Å². The van der Waals surface area contributed by atoms with E-state index in [1.54, 1.807) is 0 Å². The smallest absolute Gasteiger partial charge is 0.300 e. The van der Waals surface area contributed by atoms with Crippen LogP contribution in [0.2, 0.25) is 0 Å². The number of nitrogens with zero attached hydrogens (tertiary/aromatic N) is 1. The zero-order valence-corrected chi connectivity index (χ0v) is 8.67. The van der Waals surface area contributed by atoms with Gasteiger partial charge in [-0.15, -0.1) is 0 Å². The maximum atomic E-state index is 12.7. The fourth-order valence-corrected chi connectivity index (χ4v) is 1.92. The van der Waals surface area contributed by atoms with Crippen LogP contribution < -0.4 is 4.90 Å². The third-order valence-corrected chi connectivity index (χ3v) is 2.69. The van der Waals surface area contributed by atoms with Gasteiger partial charge in [0.2, 0.25) is 5.91 Å². The summed E-state index contributed by atoms with van der Waals surface area (Å²) in [7, 11) is 0. The lowest BCUT2D eigenvalue weighted by Crippen LogP contribution is -2.43. The molecule has 1 aromatic rings. The van der Waals surface area contributed by atoms with Gasteiger partial charge < -0.3 is 4.90 Å². The number of carbonyl (C=O) groups is 1. The summed E-state index contributed by atoms with van der Waals surface area (Å²) in [5.41, 5.74) is 0.0798. The molecule has 1 atom stereocenters. The first-order valence-electron chi connectivity index (χ1n) is 5.04.